The Kier molecular flexibility index (Phi) is 4.12. The van der Waals surface area contributed by atoms with Crippen LogP contribution in [0.25, 0.3) is 10.9 Å². The number of nitrogens with one attached hydrogen (secondary N) is 2. The molecule has 0 aliphatic heterocycles. The van der Waals surface area contributed by atoms with Crippen molar-refractivity contribution in [2.24, 2.45) is 0 Å². The van der Waals surface area contributed by atoms with Gasteiger partial charge >= 0.3 is 0 Å². The number of aromatic amines is 1. The third-order valence-electron chi connectivity index (χ3n) is 3.65. The summed E-state index contributed by atoms with van der Waals surface area (Å²) in [6.45, 7) is 2.31. The first-order chi connectivity index (χ1) is 11.6. The zero-order valence-electron chi connectivity index (χ0n) is 13.0. The van der Waals surface area contributed by atoms with Crippen molar-refractivity contribution in [2.75, 3.05) is 5.32 Å². The first-order valence-corrected chi connectivity index (χ1v) is 7.43. The van der Waals surface area contributed by atoms with E-state index in [1.165, 1.54) is 6.07 Å². The molecule has 3 rings (SSSR count). The Labute approximate surface area is 137 Å². The highest BCUT2D eigenvalue weighted by molar-refractivity contribution is 6.11. The minimum Gasteiger partial charge on any atom is -0.322 e. The molecule has 0 fully saturated rings. The van der Waals surface area contributed by atoms with Crippen molar-refractivity contribution in [3.05, 3.63) is 58.0 Å². The smallest absolute Gasteiger partial charge is 0.257 e. The monoisotopic (exact) mass is 321 g/mol. The molecule has 0 atom stereocenters. The molecule has 2 aromatic heterocycles. The van der Waals surface area contributed by atoms with E-state index in [0.717, 1.165) is 5.69 Å². The van der Waals surface area contributed by atoms with Crippen molar-refractivity contribution in [1.29, 1.82) is 5.26 Å². The summed E-state index contributed by atoms with van der Waals surface area (Å²) in [5.41, 5.74) is 1.40. The summed E-state index contributed by atoms with van der Waals surface area (Å²) in [6.07, 6.45) is 0.342. The number of rotatable bonds is 4. The number of H-pyrrole nitrogens is 1. The van der Waals surface area contributed by atoms with Crippen LogP contribution in [0.4, 0.5) is 5.82 Å². The first kappa shape index (κ1) is 15.5. The summed E-state index contributed by atoms with van der Waals surface area (Å²) < 4.78 is 1.66. The van der Waals surface area contributed by atoms with Gasteiger partial charge in [-0.25, -0.2) is 0 Å². The third-order valence-corrected chi connectivity index (χ3v) is 3.65. The molecule has 1 amide bonds. The quantitative estimate of drug-likeness (QED) is 0.768. The van der Waals surface area contributed by atoms with E-state index >= 15 is 0 Å². The predicted molar refractivity (Wildman–Crippen MR) is 89.7 cm³/mol. The Morgan fingerprint density at radius 2 is 2.17 bits per heavy atom. The number of anilines is 1. The average Bonchev–Trinajstić information content (AvgIpc) is 2.91. The van der Waals surface area contributed by atoms with Crippen molar-refractivity contribution in [1.82, 2.24) is 14.8 Å². The minimum absolute atomic E-state index is 0.290. The first-order valence-electron chi connectivity index (χ1n) is 7.43. The van der Waals surface area contributed by atoms with Gasteiger partial charge in [-0.1, -0.05) is 18.2 Å². The molecule has 7 nitrogen and oxygen atoms in total. The maximum absolute atomic E-state index is 12.5. The molecule has 1 aromatic carbocycles. The van der Waals surface area contributed by atoms with E-state index in [1.807, 2.05) is 6.92 Å². The SMILES string of the molecule is Cc1cc(NC(=O)c2cc(=O)[nH]c3ccccc23)nn1CCC#N. The van der Waals surface area contributed by atoms with Crippen LogP contribution in [0, 0.1) is 18.3 Å². The number of aromatic nitrogens is 3. The Hall–Kier alpha value is -3.40. The summed E-state index contributed by atoms with van der Waals surface area (Å²) >= 11 is 0. The van der Waals surface area contributed by atoms with Gasteiger partial charge in [0.25, 0.3) is 5.91 Å². The van der Waals surface area contributed by atoms with Crippen LogP contribution < -0.4 is 10.9 Å². The molecule has 2 heterocycles. The van der Waals surface area contributed by atoms with Crippen LogP contribution in [-0.2, 0) is 6.54 Å². The molecular formula is C17H15N5O2. The number of hydrogen-bond donors (Lipinski definition) is 2. The molecule has 0 aliphatic carbocycles. The highest BCUT2D eigenvalue weighted by Crippen LogP contribution is 2.17. The van der Waals surface area contributed by atoms with E-state index in [-0.39, 0.29) is 5.56 Å². The molecule has 0 aliphatic rings. The molecule has 7 heteroatoms. The summed E-state index contributed by atoms with van der Waals surface area (Å²) in [5, 5.41) is 16.3. The fourth-order valence-corrected chi connectivity index (χ4v) is 2.53. The normalized spacial score (nSPS) is 10.5. The molecular weight excluding hydrogens is 306 g/mol. The molecule has 0 spiro atoms. The second-order valence-corrected chi connectivity index (χ2v) is 5.35. The molecule has 0 saturated carbocycles. The summed E-state index contributed by atoms with van der Waals surface area (Å²) in [5.74, 6) is -0.0120. The van der Waals surface area contributed by atoms with E-state index in [0.29, 0.717) is 35.2 Å². The van der Waals surface area contributed by atoms with Crippen molar-refractivity contribution >= 4 is 22.6 Å². The van der Waals surface area contributed by atoms with Crippen LogP contribution in [0.5, 0.6) is 0 Å². The molecule has 0 unspecified atom stereocenters. The van der Waals surface area contributed by atoms with Crippen LogP contribution in [0.3, 0.4) is 0 Å². The van der Waals surface area contributed by atoms with E-state index in [2.05, 4.69) is 21.5 Å². The van der Waals surface area contributed by atoms with Crippen LogP contribution >= 0.6 is 0 Å². The fraction of sp³-hybridized carbons (Fsp3) is 0.176. The fourth-order valence-electron chi connectivity index (χ4n) is 2.53. The second kappa shape index (κ2) is 6.38. The Morgan fingerprint density at radius 3 is 2.96 bits per heavy atom. The van der Waals surface area contributed by atoms with Crippen molar-refractivity contribution in [2.45, 2.75) is 19.9 Å². The maximum atomic E-state index is 12.5. The van der Waals surface area contributed by atoms with Gasteiger partial charge in [0.2, 0.25) is 5.56 Å². The molecule has 120 valence electrons. The largest absolute Gasteiger partial charge is 0.322 e. The molecule has 0 radical (unpaired) electrons. The van der Waals surface area contributed by atoms with Gasteiger partial charge in [-0.05, 0) is 13.0 Å². The van der Waals surface area contributed by atoms with E-state index in [4.69, 9.17) is 5.26 Å². The standard InChI is InChI=1S/C17H15N5O2/c1-11-9-15(21-22(11)8-4-7-18)20-17(24)13-10-16(23)19-14-6-3-2-5-12(13)14/h2-3,5-6,9-10H,4,8H2,1H3,(H,19,23)(H,20,21,24). The highest BCUT2D eigenvalue weighted by atomic mass is 16.2. The maximum Gasteiger partial charge on any atom is 0.257 e. The van der Waals surface area contributed by atoms with Gasteiger partial charge in [0, 0.05) is 28.7 Å². The topological polar surface area (TPSA) is 104 Å². The number of fused-ring (bicyclic) bond motifs is 1. The second-order valence-electron chi connectivity index (χ2n) is 5.35. The van der Waals surface area contributed by atoms with Crippen LogP contribution in [0.15, 0.2) is 41.2 Å². The Balaban J connectivity index is 1.91. The number of benzene rings is 1. The summed E-state index contributed by atoms with van der Waals surface area (Å²) in [7, 11) is 0. The number of aryl methyl sites for hydroxylation is 2. The van der Waals surface area contributed by atoms with Gasteiger partial charge in [-0.15, -0.1) is 0 Å². The number of amides is 1. The molecule has 0 saturated heterocycles. The van der Waals surface area contributed by atoms with Gasteiger partial charge in [-0.2, -0.15) is 10.4 Å². The van der Waals surface area contributed by atoms with E-state index in [9.17, 15) is 9.59 Å². The zero-order valence-corrected chi connectivity index (χ0v) is 13.0. The lowest BCUT2D eigenvalue weighted by Gasteiger charge is -2.06. The lowest BCUT2D eigenvalue weighted by Crippen LogP contribution is -2.17. The van der Waals surface area contributed by atoms with Gasteiger partial charge < -0.3 is 10.3 Å². The van der Waals surface area contributed by atoms with E-state index < -0.39 is 5.91 Å². The van der Waals surface area contributed by atoms with Gasteiger partial charge in [0.1, 0.15) is 0 Å². The van der Waals surface area contributed by atoms with Crippen molar-refractivity contribution in [3.63, 3.8) is 0 Å². The van der Waals surface area contributed by atoms with Crippen LogP contribution in [0.1, 0.15) is 22.5 Å². The van der Waals surface area contributed by atoms with Gasteiger partial charge in [0.15, 0.2) is 5.82 Å². The summed E-state index contributed by atoms with van der Waals surface area (Å²) in [4.78, 5) is 27.0. The molecule has 0 bridgehead atoms. The number of pyridine rings is 1. The highest BCUT2D eigenvalue weighted by Gasteiger charge is 2.14. The lowest BCUT2D eigenvalue weighted by atomic mass is 10.1. The number of nitrogens with zero attached hydrogens (tertiary/aromatic N) is 3. The number of carbonyl (C=O) groups excluding carboxylic acids is 1. The Bertz CT molecular complexity index is 1010. The number of hydrogen-bond acceptors (Lipinski definition) is 4. The van der Waals surface area contributed by atoms with Gasteiger partial charge in [-0.3, -0.25) is 14.3 Å². The molecule has 24 heavy (non-hydrogen) atoms. The van der Waals surface area contributed by atoms with Crippen molar-refractivity contribution in [3.8, 4) is 6.07 Å². The average molecular weight is 321 g/mol. The van der Waals surface area contributed by atoms with Crippen LogP contribution in [0.2, 0.25) is 0 Å². The molecule has 3 aromatic rings. The lowest BCUT2D eigenvalue weighted by molar-refractivity contribution is 0.102. The van der Waals surface area contributed by atoms with E-state index in [1.54, 1.807) is 35.0 Å². The number of carbonyl (C=O) groups is 1. The third kappa shape index (κ3) is 3.03. The molecule has 2 N–H and O–H groups in total. The zero-order chi connectivity index (χ0) is 17.1. The Morgan fingerprint density at radius 1 is 1.38 bits per heavy atom. The number of para-hydroxylation sites is 1. The minimum atomic E-state index is -0.401. The van der Waals surface area contributed by atoms with Crippen molar-refractivity contribution < 1.29 is 4.79 Å². The van der Waals surface area contributed by atoms with Crippen LogP contribution in [-0.4, -0.2) is 20.7 Å². The predicted octanol–water partition coefficient (Wildman–Crippen LogP) is 2.20. The summed E-state index contributed by atoms with van der Waals surface area (Å²) in [6, 6.07) is 12.2. The van der Waals surface area contributed by atoms with Gasteiger partial charge in [0.05, 0.1) is 24.6 Å². The number of nitriles is 1.